The van der Waals surface area contributed by atoms with Crippen molar-refractivity contribution in [1.82, 2.24) is 20.2 Å². The Morgan fingerprint density at radius 2 is 1.73 bits per heavy atom. The summed E-state index contributed by atoms with van der Waals surface area (Å²) in [5.41, 5.74) is 4.80. The maximum Gasteiger partial charge on any atom is 0.135 e. The first-order valence-corrected chi connectivity index (χ1v) is 9.53. The van der Waals surface area contributed by atoms with Crippen LogP contribution in [-0.2, 0) is 26.0 Å². The van der Waals surface area contributed by atoms with Gasteiger partial charge in [0.1, 0.15) is 12.1 Å². The summed E-state index contributed by atoms with van der Waals surface area (Å²) in [4.78, 5) is 14.0. The van der Waals surface area contributed by atoms with Crippen LogP contribution >= 0.6 is 0 Å². The van der Waals surface area contributed by atoms with Gasteiger partial charge < -0.3 is 15.3 Å². The highest BCUT2D eigenvalue weighted by Gasteiger charge is 2.23. The van der Waals surface area contributed by atoms with Gasteiger partial charge >= 0.3 is 0 Å². The molecule has 4 rings (SSSR count). The molecule has 6 nitrogen and oxygen atoms in total. The van der Waals surface area contributed by atoms with Crippen LogP contribution in [0.1, 0.15) is 22.4 Å². The maximum atomic E-state index is 9.53. The fraction of sp³-hybridized carbons (Fsp3) is 0.500. The molecule has 0 unspecified atom stereocenters. The number of nitrogens with one attached hydrogen (secondary N) is 1. The van der Waals surface area contributed by atoms with Gasteiger partial charge in [-0.2, -0.15) is 0 Å². The van der Waals surface area contributed by atoms with Crippen molar-refractivity contribution in [3.8, 4) is 0 Å². The molecular formula is C20H27N5O. The van der Waals surface area contributed by atoms with Crippen LogP contribution in [0.2, 0.25) is 0 Å². The number of fused-ring (bicyclic) bond motifs is 1. The molecule has 0 bridgehead atoms. The van der Waals surface area contributed by atoms with Crippen molar-refractivity contribution in [2.45, 2.75) is 26.0 Å². The molecule has 138 valence electrons. The van der Waals surface area contributed by atoms with Gasteiger partial charge in [0.25, 0.3) is 0 Å². The molecule has 0 saturated carbocycles. The second kappa shape index (κ2) is 8.12. The van der Waals surface area contributed by atoms with Crippen LogP contribution < -0.4 is 10.2 Å². The minimum Gasteiger partial charge on any atom is -0.392 e. The Kier molecular flexibility index (Phi) is 5.43. The van der Waals surface area contributed by atoms with Crippen molar-refractivity contribution in [1.29, 1.82) is 0 Å². The molecule has 0 radical (unpaired) electrons. The first-order valence-electron chi connectivity index (χ1n) is 9.53. The van der Waals surface area contributed by atoms with Gasteiger partial charge in [-0.3, -0.25) is 4.90 Å². The lowest BCUT2D eigenvalue weighted by Gasteiger charge is -2.36. The van der Waals surface area contributed by atoms with Crippen LogP contribution in [0.25, 0.3) is 0 Å². The summed E-state index contributed by atoms with van der Waals surface area (Å²) in [6, 6.07) is 8.17. The largest absolute Gasteiger partial charge is 0.392 e. The topological polar surface area (TPSA) is 64.5 Å². The number of rotatable bonds is 4. The third-order valence-corrected chi connectivity index (χ3v) is 5.46. The summed E-state index contributed by atoms with van der Waals surface area (Å²) in [6.07, 6.45) is 3.72. The summed E-state index contributed by atoms with van der Waals surface area (Å²) in [5, 5.41) is 13.0. The molecule has 26 heavy (non-hydrogen) atoms. The Hall–Kier alpha value is -2.02. The molecule has 0 spiro atoms. The van der Waals surface area contributed by atoms with Crippen LogP contribution in [-0.4, -0.2) is 59.2 Å². The van der Waals surface area contributed by atoms with Crippen LogP contribution in [0.15, 0.2) is 30.6 Å². The van der Waals surface area contributed by atoms with Crippen LogP contribution in [0.4, 0.5) is 5.82 Å². The van der Waals surface area contributed by atoms with Crippen molar-refractivity contribution in [3.05, 3.63) is 53.0 Å². The fourth-order valence-corrected chi connectivity index (χ4v) is 3.95. The summed E-state index contributed by atoms with van der Waals surface area (Å²) in [6.45, 7) is 7.00. The van der Waals surface area contributed by atoms with E-state index in [4.69, 9.17) is 0 Å². The van der Waals surface area contributed by atoms with Gasteiger partial charge in [-0.1, -0.05) is 24.3 Å². The maximum absolute atomic E-state index is 9.53. The van der Waals surface area contributed by atoms with Gasteiger partial charge in [-0.15, -0.1) is 0 Å². The molecular weight excluding hydrogens is 326 g/mol. The second-order valence-corrected chi connectivity index (χ2v) is 7.06. The monoisotopic (exact) mass is 353 g/mol. The zero-order valence-corrected chi connectivity index (χ0v) is 15.2. The number of piperazine rings is 1. The Labute approximate surface area is 154 Å². The molecule has 6 heteroatoms. The van der Waals surface area contributed by atoms with Gasteiger partial charge in [0.05, 0.1) is 12.3 Å². The van der Waals surface area contributed by atoms with E-state index in [1.807, 2.05) is 12.1 Å². The van der Waals surface area contributed by atoms with E-state index in [0.717, 1.165) is 70.0 Å². The van der Waals surface area contributed by atoms with Crippen molar-refractivity contribution < 1.29 is 5.11 Å². The number of aromatic nitrogens is 2. The summed E-state index contributed by atoms with van der Waals surface area (Å²) < 4.78 is 0. The van der Waals surface area contributed by atoms with E-state index in [9.17, 15) is 5.11 Å². The number of nitrogens with zero attached hydrogens (tertiary/aromatic N) is 4. The Balaban J connectivity index is 1.43. The van der Waals surface area contributed by atoms with Crippen LogP contribution in [0.3, 0.4) is 0 Å². The van der Waals surface area contributed by atoms with Gasteiger partial charge in [-0.25, -0.2) is 9.97 Å². The van der Waals surface area contributed by atoms with E-state index in [1.54, 1.807) is 6.33 Å². The number of aliphatic hydroxyl groups is 1. The minimum absolute atomic E-state index is 0.108. The molecule has 1 aromatic heterocycles. The molecule has 0 atom stereocenters. The average Bonchev–Trinajstić information content (AvgIpc) is 2.94. The zero-order valence-electron chi connectivity index (χ0n) is 15.2. The lowest BCUT2D eigenvalue weighted by atomic mass is 10.1. The van der Waals surface area contributed by atoms with E-state index in [0.29, 0.717) is 0 Å². The third kappa shape index (κ3) is 3.72. The first-order chi connectivity index (χ1) is 12.8. The third-order valence-electron chi connectivity index (χ3n) is 5.46. The minimum atomic E-state index is 0.108. The van der Waals surface area contributed by atoms with Crippen LogP contribution in [0.5, 0.6) is 0 Å². The van der Waals surface area contributed by atoms with Gasteiger partial charge in [0.15, 0.2) is 0 Å². The highest BCUT2D eigenvalue weighted by molar-refractivity contribution is 5.49. The number of hydrogen-bond acceptors (Lipinski definition) is 6. The first kappa shape index (κ1) is 17.4. The van der Waals surface area contributed by atoms with Crippen molar-refractivity contribution in [2.75, 3.05) is 44.2 Å². The Morgan fingerprint density at radius 1 is 0.962 bits per heavy atom. The molecule has 0 aliphatic carbocycles. The highest BCUT2D eigenvalue weighted by Crippen LogP contribution is 2.24. The normalized spacial score (nSPS) is 18.4. The van der Waals surface area contributed by atoms with Crippen molar-refractivity contribution in [3.63, 3.8) is 0 Å². The second-order valence-electron chi connectivity index (χ2n) is 7.06. The molecule has 2 aliphatic heterocycles. The standard InChI is InChI=1S/C20H27N5O/c26-14-17-4-2-1-3-16(17)13-24-9-11-25(12-10-24)20-18-5-7-21-8-6-19(18)22-15-23-20/h1-4,15,21,26H,5-14H2. The van der Waals surface area contributed by atoms with Crippen molar-refractivity contribution >= 4 is 5.82 Å². The number of hydrogen-bond donors (Lipinski definition) is 2. The average molecular weight is 353 g/mol. The predicted octanol–water partition coefficient (Wildman–Crippen LogP) is 0.979. The Bertz CT molecular complexity index is 743. The van der Waals surface area contributed by atoms with Gasteiger partial charge in [0, 0.05) is 51.3 Å². The van der Waals surface area contributed by atoms with Crippen molar-refractivity contribution in [2.24, 2.45) is 0 Å². The van der Waals surface area contributed by atoms with E-state index in [-0.39, 0.29) is 6.61 Å². The zero-order chi connectivity index (χ0) is 17.8. The molecule has 1 aromatic carbocycles. The molecule has 2 aliphatic rings. The fourth-order valence-electron chi connectivity index (χ4n) is 3.95. The molecule has 1 saturated heterocycles. The number of benzene rings is 1. The number of aliphatic hydroxyl groups excluding tert-OH is 1. The Morgan fingerprint density at radius 3 is 2.54 bits per heavy atom. The quantitative estimate of drug-likeness (QED) is 0.854. The number of anilines is 1. The molecule has 2 aromatic rings. The van der Waals surface area contributed by atoms with Gasteiger partial charge in [-0.05, 0) is 24.1 Å². The summed E-state index contributed by atoms with van der Waals surface area (Å²) in [7, 11) is 0. The SMILES string of the molecule is OCc1ccccc1CN1CCN(c2ncnc3c2CCNCC3)CC1. The van der Waals surface area contributed by atoms with E-state index >= 15 is 0 Å². The summed E-state index contributed by atoms with van der Waals surface area (Å²) in [5.74, 6) is 1.13. The van der Waals surface area contributed by atoms with Gasteiger partial charge in [0.2, 0.25) is 0 Å². The lowest BCUT2D eigenvalue weighted by Crippen LogP contribution is -2.46. The van der Waals surface area contributed by atoms with E-state index in [2.05, 4.69) is 37.2 Å². The van der Waals surface area contributed by atoms with E-state index < -0.39 is 0 Å². The molecule has 2 N–H and O–H groups in total. The lowest BCUT2D eigenvalue weighted by molar-refractivity contribution is 0.242. The van der Waals surface area contributed by atoms with Crippen LogP contribution in [0, 0.1) is 0 Å². The molecule has 3 heterocycles. The highest BCUT2D eigenvalue weighted by atomic mass is 16.3. The summed E-state index contributed by atoms with van der Waals surface area (Å²) >= 11 is 0. The predicted molar refractivity (Wildman–Crippen MR) is 102 cm³/mol. The molecule has 0 amide bonds. The smallest absolute Gasteiger partial charge is 0.135 e. The van der Waals surface area contributed by atoms with E-state index in [1.165, 1.54) is 16.8 Å². The molecule has 1 fully saturated rings.